The van der Waals surface area contributed by atoms with Gasteiger partial charge in [0.2, 0.25) is 0 Å². The average Bonchev–Trinajstić information content (AvgIpc) is 3.32. The van der Waals surface area contributed by atoms with Crippen LogP contribution in [0.2, 0.25) is 0 Å². The van der Waals surface area contributed by atoms with Crippen molar-refractivity contribution in [3.05, 3.63) is 81.8 Å². The van der Waals surface area contributed by atoms with E-state index in [1.807, 2.05) is 4.72 Å². The zero-order valence-electron chi connectivity index (χ0n) is 20.6. The van der Waals surface area contributed by atoms with E-state index in [2.05, 4.69) is 36.4 Å². The van der Waals surface area contributed by atoms with Crippen LogP contribution < -0.4 is 20.2 Å². The molecule has 16 heteroatoms. The molecular formula is C24H22BrF3N6O5S. The number of halogens is 4. The Bertz CT molecular complexity index is 1690. The minimum absolute atomic E-state index is 0.0347. The lowest BCUT2D eigenvalue weighted by Crippen LogP contribution is -2.27. The fourth-order valence-electron chi connectivity index (χ4n) is 3.69. The van der Waals surface area contributed by atoms with Crippen molar-refractivity contribution >= 4 is 60.1 Å². The van der Waals surface area contributed by atoms with Crippen molar-refractivity contribution in [1.29, 1.82) is 0 Å². The number of amides is 1. The maximum Gasteiger partial charge on any atom is 0.298 e. The molecule has 0 radical (unpaired) electrons. The van der Waals surface area contributed by atoms with Crippen molar-refractivity contribution in [2.45, 2.75) is 6.54 Å². The highest BCUT2D eigenvalue weighted by molar-refractivity contribution is 9.10. The highest BCUT2D eigenvalue weighted by atomic mass is 79.9. The van der Waals surface area contributed by atoms with Gasteiger partial charge in [0.05, 0.1) is 54.2 Å². The van der Waals surface area contributed by atoms with Crippen LogP contribution in [0.15, 0.2) is 53.3 Å². The molecule has 11 nitrogen and oxygen atoms in total. The Morgan fingerprint density at radius 3 is 2.60 bits per heavy atom. The van der Waals surface area contributed by atoms with Gasteiger partial charge in [-0.05, 0) is 30.3 Å². The van der Waals surface area contributed by atoms with E-state index in [4.69, 9.17) is 9.94 Å². The normalized spacial score (nSPS) is 11.6. The van der Waals surface area contributed by atoms with E-state index in [0.717, 1.165) is 13.1 Å². The Morgan fingerprint density at radius 1 is 1.12 bits per heavy atom. The fraction of sp³-hybridized carbons (Fsp3) is 0.167. The second kappa shape index (κ2) is 12.2. The number of nitrogens with one attached hydrogen (secondary N) is 4. The number of aliphatic hydroxyl groups excluding tert-OH is 1. The van der Waals surface area contributed by atoms with E-state index in [9.17, 15) is 17.6 Å². The summed E-state index contributed by atoms with van der Waals surface area (Å²) in [6.07, 6.45) is 1.21. The summed E-state index contributed by atoms with van der Waals surface area (Å²) < 4.78 is 75.0. The predicted molar refractivity (Wildman–Crippen MR) is 145 cm³/mol. The van der Waals surface area contributed by atoms with Crippen LogP contribution >= 0.6 is 15.9 Å². The summed E-state index contributed by atoms with van der Waals surface area (Å²) in [5.74, 6) is -3.52. The Morgan fingerprint density at radius 2 is 1.90 bits per heavy atom. The van der Waals surface area contributed by atoms with Gasteiger partial charge in [0.1, 0.15) is 11.3 Å². The summed E-state index contributed by atoms with van der Waals surface area (Å²) in [7, 11) is -2.83. The number of benzene rings is 3. The molecule has 5 N–H and O–H groups in total. The van der Waals surface area contributed by atoms with E-state index in [0.29, 0.717) is 4.47 Å². The first-order valence-electron chi connectivity index (χ1n) is 11.5. The fourth-order valence-corrected chi connectivity index (χ4v) is 4.57. The average molecular weight is 643 g/mol. The smallest absolute Gasteiger partial charge is 0.298 e. The van der Waals surface area contributed by atoms with Crippen LogP contribution in [0.25, 0.3) is 11.0 Å². The van der Waals surface area contributed by atoms with Crippen LogP contribution in [0.4, 0.5) is 30.2 Å². The topological polar surface area (TPSA) is 147 Å². The number of carbonyl (C=O) groups excluding carboxylic acids is 1. The van der Waals surface area contributed by atoms with Crippen LogP contribution in [0.3, 0.4) is 0 Å². The highest BCUT2D eigenvalue weighted by Gasteiger charge is 2.24. The van der Waals surface area contributed by atoms with Gasteiger partial charge in [-0.3, -0.25) is 14.4 Å². The van der Waals surface area contributed by atoms with Crippen molar-refractivity contribution < 1.29 is 36.3 Å². The number of fused-ring (bicyclic) bond motifs is 1. The molecule has 0 aliphatic heterocycles. The minimum atomic E-state index is -3.99. The second-order valence-electron chi connectivity index (χ2n) is 8.19. The van der Waals surface area contributed by atoms with Gasteiger partial charge in [-0.25, -0.2) is 28.4 Å². The molecule has 0 aliphatic rings. The molecule has 1 heterocycles. The number of imidazole rings is 1. The van der Waals surface area contributed by atoms with Gasteiger partial charge in [-0.15, -0.1) is 0 Å². The number of aromatic nitrogens is 2. The number of hydrogen-bond donors (Lipinski definition) is 5. The molecule has 212 valence electrons. The molecule has 0 atom stereocenters. The van der Waals surface area contributed by atoms with Crippen molar-refractivity contribution in [1.82, 2.24) is 19.8 Å². The second-order valence-corrected chi connectivity index (χ2v) is 10.7. The molecule has 0 saturated heterocycles. The molecule has 0 bridgehead atoms. The maximum absolute atomic E-state index is 15.8. The van der Waals surface area contributed by atoms with Crippen LogP contribution in [-0.2, 0) is 21.6 Å². The monoisotopic (exact) mass is 642 g/mol. The quantitative estimate of drug-likeness (QED) is 0.124. The Hall–Kier alpha value is -3.70. The molecule has 1 amide bonds. The molecule has 1 aromatic heterocycles. The van der Waals surface area contributed by atoms with E-state index in [-0.39, 0.29) is 46.7 Å². The zero-order chi connectivity index (χ0) is 29.0. The highest BCUT2D eigenvalue weighted by Crippen LogP contribution is 2.33. The number of carbonyl (C=O) groups is 1. The Balaban J connectivity index is 1.78. The summed E-state index contributed by atoms with van der Waals surface area (Å²) in [5.41, 5.74) is 0.831. The third-order valence-corrected chi connectivity index (χ3v) is 7.10. The van der Waals surface area contributed by atoms with Gasteiger partial charge in [-0.2, -0.15) is 8.42 Å². The van der Waals surface area contributed by atoms with E-state index in [1.54, 1.807) is 0 Å². The molecule has 4 aromatic rings. The number of nitrogens with zero attached hydrogens (tertiary/aromatic N) is 2. The Labute approximate surface area is 234 Å². The number of hydroxylamine groups is 1. The van der Waals surface area contributed by atoms with Gasteiger partial charge in [0, 0.05) is 17.1 Å². The van der Waals surface area contributed by atoms with Gasteiger partial charge in [-0.1, -0.05) is 28.1 Å². The Kier molecular flexibility index (Phi) is 8.95. The van der Waals surface area contributed by atoms with Gasteiger partial charge in [0.25, 0.3) is 16.1 Å². The summed E-state index contributed by atoms with van der Waals surface area (Å²) in [6.45, 7) is -0.858. The lowest BCUT2D eigenvalue weighted by atomic mass is 10.1. The lowest BCUT2D eigenvalue weighted by Gasteiger charge is -2.15. The molecule has 3 aromatic carbocycles. The lowest BCUT2D eigenvalue weighted by molar-refractivity contribution is 0.0169. The first kappa shape index (κ1) is 29.3. The predicted octanol–water partition coefficient (Wildman–Crippen LogP) is 3.54. The minimum Gasteiger partial charge on any atom is -0.394 e. The molecule has 40 heavy (non-hydrogen) atoms. The standard InChI is InChI=1S/C24H22BrF3N6O5S/c1-29-40(37,38)33-18-4-2-3-13(20(18)27)11-34-12-30-23-19(34)10-15(24(36)32-39-8-7-35)22(21(23)28)31-17-6-5-14(25)9-16(17)26/h2-6,9-10,12,29,31,33,35H,7-8,11H2,1H3,(H,32,36). The summed E-state index contributed by atoms with van der Waals surface area (Å²) in [6, 6.07) is 9.32. The summed E-state index contributed by atoms with van der Waals surface area (Å²) in [4.78, 5) is 21.9. The van der Waals surface area contributed by atoms with E-state index < -0.39 is 45.9 Å². The van der Waals surface area contributed by atoms with Crippen molar-refractivity contribution in [3.63, 3.8) is 0 Å². The van der Waals surface area contributed by atoms with E-state index in [1.165, 1.54) is 47.3 Å². The molecule has 0 spiro atoms. The van der Waals surface area contributed by atoms with Gasteiger partial charge < -0.3 is 15.0 Å². The summed E-state index contributed by atoms with van der Waals surface area (Å²) in [5, 5.41) is 11.5. The number of hydrogen-bond acceptors (Lipinski definition) is 7. The largest absolute Gasteiger partial charge is 0.394 e. The molecule has 0 aliphatic carbocycles. The zero-order valence-corrected chi connectivity index (χ0v) is 23.0. The molecular weight excluding hydrogens is 621 g/mol. The van der Waals surface area contributed by atoms with Crippen LogP contribution in [0.1, 0.15) is 15.9 Å². The SMILES string of the molecule is CNS(=O)(=O)Nc1cccc(Cn2cnc3c(F)c(Nc4ccc(Br)cc4F)c(C(=O)NOCCO)cc32)c1F. The first-order valence-corrected chi connectivity index (χ1v) is 13.7. The van der Waals surface area contributed by atoms with Crippen molar-refractivity contribution in [3.8, 4) is 0 Å². The van der Waals surface area contributed by atoms with Gasteiger partial charge >= 0.3 is 0 Å². The first-order chi connectivity index (χ1) is 19.0. The summed E-state index contributed by atoms with van der Waals surface area (Å²) >= 11 is 3.14. The maximum atomic E-state index is 15.8. The third-order valence-electron chi connectivity index (χ3n) is 5.58. The van der Waals surface area contributed by atoms with E-state index >= 15 is 8.78 Å². The number of rotatable bonds is 11. The number of anilines is 3. The molecule has 0 unspecified atom stereocenters. The third kappa shape index (κ3) is 6.37. The van der Waals surface area contributed by atoms with Crippen LogP contribution in [0.5, 0.6) is 0 Å². The molecule has 4 rings (SSSR count). The van der Waals surface area contributed by atoms with Gasteiger partial charge in [0.15, 0.2) is 11.6 Å². The van der Waals surface area contributed by atoms with Crippen molar-refractivity contribution in [2.75, 3.05) is 30.3 Å². The van der Waals surface area contributed by atoms with Crippen LogP contribution in [0, 0.1) is 17.5 Å². The number of aliphatic hydroxyl groups is 1. The van der Waals surface area contributed by atoms with Crippen LogP contribution in [-0.4, -0.2) is 49.2 Å². The molecule has 0 saturated carbocycles. The molecule has 0 fully saturated rings. The van der Waals surface area contributed by atoms with Crippen molar-refractivity contribution in [2.24, 2.45) is 0 Å².